The Bertz CT molecular complexity index is 259. The first-order valence-electron chi connectivity index (χ1n) is 6.05. The van der Waals surface area contributed by atoms with E-state index in [1.165, 1.54) is 0 Å². The molecule has 100 valence electrons. The van der Waals surface area contributed by atoms with Gasteiger partial charge in [-0.1, -0.05) is 6.92 Å². The Morgan fingerprint density at radius 1 is 1.29 bits per heavy atom. The van der Waals surface area contributed by atoms with Gasteiger partial charge in [0.05, 0.1) is 6.54 Å². The number of hydrogen-bond donors (Lipinski definition) is 3. The Hall–Kier alpha value is -1.10. The zero-order valence-electron chi connectivity index (χ0n) is 11.3. The van der Waals surface area contributed by atoms with Gasteiger partial charge in [0.1, 0.15) is 0 Å². The van der Waals surface area contributed by atoms with Crippen molar-refractivity contribution in [3.8, 4) is 0 Å². The zero-order valence-corrected chi connectivity index (χ0v) is 11.3. The van der Waals surface area contributed by atoms with E-state index in [4.69, 9.17) is 5.73 Å². The van der Waals surface area contributed by atoms with Gasteiger partial charge in [-0.3, -0.25) is 9.59 Å². The van der Waals surface area contributed by atoms with Gasteiger partial charge in [0.2, 0.25) is 11.8 Å². The van der Waals surface area contributed by atoms with E-state index >= 15 is 0 Å². The van der Waals surface area contributed by atoms with Gasteiger partial charge in [0.15, 0.2) is 0 Å². The summed E-state index contributed by atoms with van der Waals surface area (Å²) in [5.41, 5.74) is 5.10. The van der Waals surface area contributed by atoms with Crippen LogP contribution >= 0.6 is 0 Å². The van der Waals surface area contributed by atoms with E-state index in [9.17, 15) is 9.59 Å². The topological polar surface area (TPSA) is 84.2 Å². The van der Waals surface area contributed by atoms with Crippen molar-refractivity contribution < 1.29 is 9.59 Å². The number of nitrogens with one attached hydrogen (secondary N) is 2. The summed E-state index contributed by atoms with van der Waals surface area (Å²) < 4.78 is 0. The molecule has 0 radical (unpaired) electrons. The van der Waals surface area contributed by atoms with E-state index in [1.807, 2.05) is 27.7 Å². The van der Waals surface area contributed by atoms with Crippen molar-refractivity contribution in [1.29, 1.82) is 0 Å². The molecule has 0 aromatic heterocycles. The normalized spacial score (nSPS) is 13.0. The van der Waals surface area contributed by atoms with E-state index in [2.05, 4.69) is 10.6 Å². The van der Waals surface area contributed by atoms with Crippen molar-refractivity contribution in [2.45, 2.75) is 46.1 Å². The SMILES string of the molecule is CC(CCCN)C(=O)NCC(=O)NC(C)(C)C. The summed E-state index contributed by atoms with van der Waals surface area (Å²) in [5.74, 6) is -0.361. The lowest BCUT2D eigenvalue weighted by Gasteiger charge is -2.21. The second-order valence-corrected chi connectivity index (χ2v) is 5.35. The lowest BCUT2D eigenvalue weighted by atomic mass is 10.1. The van der Waals surface area contributed by atoms with Gasteiger partial charge in [0, 0.05) is 11.5 Å². The van der Waals surface area contributed by atoms with Crippen molar-refractivity contribution in [3.05, 3.63) is 0 Å². The third-order valence-corrected chi connectivity index (χ3v) is 2.23. The van der Waals surface area contributed by atoms with Gasteiger partial charge < -0.3 is 16.4 Å². The predicted octanol–water partition coefficient (Wildman–Crippen LogP) is 0.392. The summed E-state index contributed by atoms with van der Waals surface area (Å²) in [5, 5.41) is 5.40. The largest absolute Gasteiger partial charge is 0.350 e. The molecule has 0 saturated heterocycles. The molecule has 17 heavy (non-hydrogen) atoms. The molecule has 0 aliphatic heterocycles. The second-order valence-electron chi connectivity index (χ2n) is 5.35. The fourth-order valence-electron chi connectivity index (χ4n) is 1.36. The smallest absolute Gasteiger partial charge is 0.239 e. The fraction of sp³-hybridized carbons (Fsp3) is 0.833. The third kappa shape index (κ3) is 8.68. The molecule has 2 amide bonds. The van der Waals surface area contributed by atoms with Gasteiger partial charge in [-0.2, -0.15) is 0 Å². The molecule has 0 saturated carbocycles. The summed E-state index contributed by atoms with van der Waals surface area (Å²) in [4.78, 5) is 23.0. The fourth-order valence-corrected chi connectivity index (χ4v) is 1.36. The van der Waals surface area contributed by atoms with Crippen molar-refractivity contribution in [3.63, 3.8) is 0 Å². The van der Waals surface area contributed by atoms with E-state index < -0.39 is 0 Å². The lowest BCUT2D eigenvalue weighted by Crippen LogP contribution is -2.46. The molecule has 1 atom stereocenters. The van der Waals surface area contributed by atoms with E-state index in [0.717, 1.165) is 12.8 Å². The van der Waals surface area contributed by atoms with Gasteiger partial charge in [-0.05, 0) is 40.2 Å². The molecular weight excluding hydrogens is 218 g/mol. The number of nitrogens with two attached hydrogens (primary N) is 1. The number of amides is 2. The first-order valence-corrected chi connectivity index (χ1v) is 6.05. The Labute approximate surface area is 104 Å². The molecular formula is C12H25N3O2. The van der Waals surface area contributed by atoms with Gasteiger partial charge in [0.25, 0.3) is 0 Å². The molecule has 0 aliphatic carbocycles. The van der Waals surface area contributed by atoms with Crippen molar-refractivity contribution in [2.24, 2.45) is 11.7 Å². The summed E-state index contributed by atoms with van der Waals surface area (Å²) >= 11 is 0. The predicted molar refractivity (Wildman–Crippen MR) is 68.4 cm³/mol. The van der Waals surface area contributed by atoms with Crippen LogP contribution in [0, 0.1) is 5.92 Å². The van der Waals surface area contributed by atoms with Gasteiger partial charge in [-0.15, -0.1) is 0 Å². The molecule has 0 bridgehead atoms. The number of hydrogen-bond acceptors (Lipinski definition) is 3. The van der Waals surface area contributed by atoms with Crippen LogP contribution in [0.4, 0.5) is 0 Å². The van der Waals surface area contributed by atoms with Crippen molar-refractivity contribution >= 4 is 11.8 Å². The van der Waals surface area contributed by atoms with E-state index in [-0.39, 0.29) is 29.8 Å². The van der Waals surface area contributed by atoms with E-state index in [1.54, 1.807) is 0 Å². The van der Waals surface area contributed by atoms with E-state index in [0.29, 0.717) is 6.54 Å². The molecule has 0 fully saturated rings. The van der Waals surface area contributed by atoms with Crippen molar-refractivity contribution in [2.75, 3.05) is 13.1 Å². The molecule has 1 unspecified atom stereocenters. The van der Waals surface area contributed by atoms with Crippen LogP contribution in [0.25, 0.3) is 0 Å². The molecule has 5 heteroatoms. The molecule has 0 rings (SSSR count). The molecule has 0 heterocycles. The number of carbonyl (C=O) groups excluding carboxylic acids is 2. The maximum Gasteiger partial charge on any atom is 0.239 e. The Morgan fingerprint density at radius 3 is 2.35 bits per heavy atom. The standard InChI is InChI=1S/C12H25N3O2/c1-9(6-5-7-13)11(17)14-8-10(16)15-12(2,3)4/h9H,5-8,13H2,1-4H3,(H,14,17)(H,15,16). The van der Waals surface area contributed by atoms with Crippen LogP contribution in [-0.4, -0.2) is 30.4 Å². The highest BCUT2D eigenvalue weighted by molar-refractivity contribution is 5.85. The summed E-state index contributed by atoms with van der Waals surface area (Å²) in [6.45, 7) is 8.15. The lowest BCUT2D eigenvalue weighted by molar-refractivity contribution is -0.128. The average molecular weight is 243 g/mol. The number of carbonyl (C=O) groups is 2. The van der Waals surface area contributed by atoms with Gasteiger partial charge >= 0.3 is 0 Å². The average Bonchev–Trinajstić information content (AvgIpc) is 2.20. The minimum Gasteiger partial charge on any atom is -0.350 e. The van der Waals surface area contributed by atoms with Crippen LogP contribution < -0.4 is 16.4 Å². The monoisotopic (exact) mass is 243 g/mol. The zero-order chi connectivity index (χ0) is 13.5. The molecule has 4 N–H and O–H groups in total. The molecule has 0 aliphatic rings. The molecule has 0 spiro atoms. The van der Waals surface area contributed by atoms with Crippen molar-refractivity contribution in [1.82, 2.24) is 10.6 Å². The maximum absolute atomic E-state index is 11.6. The highest BCUT2D eigenvalue weighted by atomic mass is 16.2. The first kappa shape index (κ1) is 15.9. The maximum atomic E-state index is 11.6. The minimum absolute atomic E-state index is 0.0308. The molecule has 0 aromatic carbocycles. The quantitative estimate of drug-likeness (QED) is 0.631. The first-order chi connectivity index (χ1) is 7.76. The van der Waals surface area contributed by atoms with Crippen LogP contribution in [-0.2, 0) is 9.59 Å². The summed E-state index contributed by atoms with van der Waals surface area (Å²) in [6, 6.07) is 0. The summed E-state index contributed by atoms with van der Waals surface area (Å²) in [7, 11) is 0. The number of rotatable bonds is 6. The highest BCUT2D eigenvalue weighted by Crippen LogP contribution is 2.04. The minimum atomic E-state index is -0.271. The highest BCUT2D eigenvalue weighted by Gasteiger charge is 2.16. The Kier molecular flexibility index (Phi) is 6.80. The van der Waals surface area contributed by atoms with Crippen LogP contribution in [0.15, 0.2) is 0 Å². The Balaban J connectivity index is 3.87. The third-order valence-electron chi connectivity index (χ3n) is 2.23. The molecule has 5 nitrogen and oxygen atoms in total. The molecule has 0 aromatic rings. The van der Waals surface area contributed by atoms with Crippen LogP contribution in [0.1, 0.15) is 40.5 Å². The van der Waals surface area contributed by atoms with Crippen LogP contribution in [0.5, 0.6) is 0 Å². The summed E-state index contributed by atoms with van der Waals surface area (Å²) in [6.07, 6.45) is 1.58. The van der Waals surface area contributed by atoms with Gasteiger partial charge in [-0.25, -0.2) is 0 Å². The van der Waals surface area contributed by atoms with Crippen LogP contribution in [0.2, 0.25) is 0 Å². The van der Waals surface area contributed by atoms with Crippen LogP contribution in [0.3, 0.4) is 0 Å². The second kappa shape index (κ2) is 7.27. The Morgan fingerprint density at radius 2 is 1.88 bits per heavy atom.